The molecule has 3 rings (SSSR count). The second kappa shape index (κ2) is 8.08. The van der Waals surface area contributed by atoms with E-state index in [-0.39, 0.29) is 0 Å². The fourth-order valence-electron chi connectivity index (χ4n) is 2.54. The van der Waals surface area contributed by atoms with Crippen LogP contribution in [-0.2, 0) is 11.5 Å². The zero-order valence-electron chi connectivity index (χ0n) is 14.0. The molecule has 3 aromatic rings. The Morgan fingerprint density at radius 1 is 1.24 bits per heavy atom. The average Bonchev–Trinajstić information content (AvgIpc) is 2.97. The summed E-state index contributed by atoms with van der Waals surface area (Å²) < 4.78 is 7.85. The number of hydrogen-bond donors (Lipinski definition) is 1. The summed E-state index contributed by atoms with van der Waals surface area (Å²) in [5.41, 5.74) is 3.42. The van der Waals surface area contributed by atoms with Gasteiger partial charge < -0.3 is 4.74 Å². The lowest BCUT2D eigenvalue weighted by Gasteiger charge is -2.12. The molecular formula is C18H18ClN3OS2. The molecule has 0 aliphatic heterocycles. The molecule has 0 atom stereocenters. The maximum Gasteiger partial charge on any atom is 0.200 e. The Morgan fingerprint density at radius 3 is 2.80 bits per heavy atom. The molecule has 0 amide bonds. The predicted octanol–water partition coefficient (Wildman–Crippen LogP) is 5.33. The van der Waals surface area contributed by atoms with Gasteiger partial charge in [-0.05, 0) is 48.5 Å². The number of benzene rings is 2. The molecule has 0 aliphatic carbocycles. The van der Waals surface area contributed by atoms with Gasteiger partial charge in [0.1, 0.15) is 11.6 Å². The molecule has 0 bridgehead atoms. The maximum absolute atomic E-state index is 6.16. The van der Waals surface area contributed by atoms with Crippen LogP contribution in [0.4, 0.5) is 0 Å². The zero-order valence-corrected chi connectivity index (χ0v) is 16.3. The lowest BCUT2D eigenvalue weighted by Crippen LogP contribution is -2.03. The highest BCUT2D eigenvalue weighted by Gasteiger charge is 2.13. The van der Waals surface area contributed by atoms with Gasteiger partial charge in [0.2, 0.25) is 0 Å². The fraction of sp³-hybridized carbons (Fsp3) is 0.222. The minimum atomic E-state index is 0.520. The molecule has 0 saturated carbocycles. The number of H-pyrrole nitrogens is 1. The molecule has 2 aromatic carbocycles. The third kappa shape index (κ3) is 4.08. The van der Waals surface area contributed by atoms with Gasteiger partial charge in [0.25, 0.3) is 0 Å². The van der Waals surface area contributed by atoms with Crippen LogP contribution in [0.2, 0.25) is 5.02 Å². The topological polar surface area (TPSA) is 42.8 Å². The first-order valence-corrected chi connectivity index (χ1v) is 9.66. The second-order valence-corrected chi connectivity index (χ2v) is 7.32. The van der Waals surface area contributed by atoms with Crippen molar-refractivity contribution in [1.82, 2.24) is 14.8 Å². The van der Waals surface area contributed by atoms with Crippen molar-refractivity contribution in [2.24, 2.45) is 0 Å². The fourth-order valence-corrected chi connectivity index (χ4v) is 3.97. The molecule has 4 nitrogen and oxygen atoms in total. The number of aromatic amines is 1. The first-order valence-electron chi connectivity index (χ1n) is 7.72. The average molecular weight is 392 g/mol. The third-order valence-corrected chi connectivity index (χ3v) is 5.36. The number of ether oxygens (including phenoxy) is 1. The van der Waals surface area contributed by atoms with Crippen LogP contribution in [-0.4, -0.2) is 21.9 Å². The Labute approximate surface area is 161 Å². The van der Waals surface area contributed by atoms with E-state index < -0.39 is 0 Å². The van der Waals surface area contributed by atoms with Gasteiger partial charge in [-0.3, -0.25) is 9.67 Å². The van der Waals surface area contributed by atoms with Gasteiger partial charge >= 0.3 is 0 Å². The second-order valence-electron chi connectivity index (χ2n) is 5.52. The minimum absolute atomic E-state index is 0.520. The van der Waals surface area contributed by atoms with Crippen molar-refractivity contribution in [3.63, 3.8) is 0 Å². The largest absolute Gasteiger partial charge is 0.495 e. The summed E-state index contributed by atoms with van der Waals surface area (Å²) in [6, 6.07) is 13.9. The van der Waals surface area contributed by atoms with Crippen LogP contribution in [0.25, 0.3) is 5.69 Å². The van der Waals surface area contributed by atoms with Gasteiger partial charge in [-0.15, -0.1) is 11.8 Å². The molecule has 1 N–H and O–H groups in total. The van der Waals surface area contributed by atoms with Crippen LogP contribution in [0.3, 0.4) is 0 Å². The Hall–Kier alpha value is -1.76. The van der Waals surface area contributed by atoms with E-state index in [0.717, 1.165) is 23.0 Å². The molecule has 1 heterocycles. The monoisotopic (exact) mass is 391 g/mol. The van der Waals surface area contributed by atoms with E-state index in [1.54, 1.807) is 24.9 Å². The smallest absolute Gasteiger partial charge is 0.200 e. The summed E-state index contributed by atoms with van der Waals surface area (Å²) in [5.74, 6) is 3.17. The SMILES string of the molecule is COc1ccc(Cl)cc1-n1c(CSCc2ccccc2C)n[nH]c1=S. The van der Waals surface area contributed by atoms with E-state index in [1.165, 1.54) is 11.1 Å². The van der Waals surface area contributed by atoms with Gasteiger partial charge in [0, 0.05) is 10.8 Å². The number of nitrogens with one attached hydrogen (secondary N) is 1. The number of halogens is 1. The summed E-state index contributed by atoms with van der Waals surface area (Å²) in [6.07, 6.45) is 0. The summed E-state index contributed by atoms with van der Waals surface area (Å²) >= 11 is 13.4. The van der Waals surface area contributed by atoms with Crippen molar-refractivity contribution in [2.75, 3.05) is 7.11 Å². The molecule has 1 aromatic heterocycles. The molecule has 0 aliphatic rings. The van der Waals surface area contributed by atoms with Crippen molar-refractivity contribution in [1.29, 1.82) is 0 Å². The van der Waals surface area contributed by atoms with E-state index in [4.69, 9.17) is 28.6 Å². The van der Waals surface area contributed by atoms with Crippen LogP contribution in [0.5, 0.6) is 5.75 Å². The highest BCUT2D eigenvalue weighted by molar-refractivity contribution is 7.97. The number of thioether (sulfide) groups is 1. The van der Waals surface area contributed by atoms with Crippen molar-refractivity contribution < 1.29 is 4.74 Å². The van der Waals surface area contributed by atoms with Gasteiger partial charge in [-0.25, -0.2) is 0 Å². The van der Waals surface area contributed by atoms with E-state index in [9.17, 15) is 0 Å². The van der Waals surface area contributed by atoms with Crippen LogP contribution in [0.15, 0.2) is 42.5 Å². The van der Waals surface area contributed by atoms with Crippen molar-refractivity contribution in [2.45, 2.75) is 18.4 Å². The summed E-state index contributed by atoms with van der Waals surface area (Å²) in [7, 11) is 1.63. The molecule has 130 valence electrons. The molecule has 0 spiro atoms. The minimum Gasteiger partial charge on any atom is -0.495 e. The van der Waals surface area contributed by atoms with Crippen molar-refractivity contribution in [3.05, 3.63) is 69.2 Å². The number of aryl methyl sites for hydroxylation is 1. The number of nitrogens with zero attached hydrogens (tertiary/aromatic N) is 2. The summed E-state index contributed by atoms with van der Waals surface area (Å²) in [5, 5.41) is 7.87. The van der Waals surface area contributed by atoms with E-state index in [2.05, 4.69) is 41.4 Å². The van der Waals surface area contributed by atoms with Gasteiger partial charge in [-0.1, -0.05) is 35.9 Å². The van der Waals surface area contributed by atoms with Crippen molar-refractivity contribution in [3.8, 4) is 11.4 Å². The summed E-state index contributed by atoms with van der Waals surface area (Å²) in [6.45, 7) is 2.13. The number of hydrogen-bond acceptors (Lipinski definition) is 4. The van der Waals surface area contributed by atoms with E-state index in [1.807, 2.05) is 16.7 Å². The van der Waals surface area contributed by atoms with Gasteiger partial charge in [0.05, 0.1) is 18.6 Å². The zero-order chi connectivity index (χ0) is 17.8. The molecule has 0 saturated heterocycles. The van der Waals surface area contributed by atoms with Crippen molar-refractivity contribution >= 4 is 35.6 Å². The summed E-state index contributed by atoms with van der Waals surface area (Å²) in [4.78, 5) is 0. The van der Waals surface area contributed by atoms with Gasteiger partial charge in [-0.2, -0.15) is 5.10 Å². The maximum atomic E-state index is 6.16. The number of aromatic nitrogens is 3. The normalized spacial score (nSPS) is 10.8. The molecule has 0 radical (unpaired) electrons. The Bertz CT molecular complexity index is 936. The van der Waals surface area contributed by atoms with Gasteiger partial charge in [0.15, 0.2) is 4.77 Å². The quantitative estimate of drug-likeness (QED) is 0.576. The molecular weight excluding hydrogens is 374 g/mol. The van der Waals surface area contributed by atoms with E-state index in [0.29, 0.717) is 15.5 Å². The predicted molar refractivity (Wildman–Crippen MR) is 106 cm³/mol. The first-order chi connectivity index (χ1) is 12.1. The lowest BCUT2D eigenvalue weighted by atomic mass is 10.1. The Kier molecular flexibility index (Phi) is 5.83. The lowest BCUT2D eigenvalue weighted by molar-refractivity contribution is 0.412. The number of methoxy groups -OCH3 is 1. The first kappa shape index (κ1) is 18.0. The van der Waals surface area contributed by atoms with Crippen LogP contribution < -0.4 is 4.74 Å². The standard InChI is InChI=1S/C18H18ClN3OS2/c1-12-5-3-4-6-13(12)10-25-11-17-20-21-18(24)22(17)15-9-14(19)7-8-16(15)23-2/h3-9H,10-11H2,1-2H3,(H,21,24). The number of rotatable bonds is 6. The third-order valence-electron chi connectivity index (χ3n) is 3.87. The Morgan fingerprint density at radius 2 is 2.04 bits per heavy atom. The van der Waals surface area contributed by atoms with Crippen LogP contribution in [0.1, 0.15) is 17.0 Å². The highest BCUT2D eigenvalue weighted by atomic mass is 35.5. The molecule has 7 heteroatoms. The Balaban J connectivity index is 1.84. The van der Waals surface area contributed by atoms with Crippen LogP contribution in [0, 0.1) is 11.7 Å². The molecule has 0 fully saturated rings. The molecule has 0 unspecified atom stereocenters. The van der Waals surface area contributed by atoms with Crippen LogP contribution >= 0.6 is 35.6 Å². The highest BCUT2D eigenvalue weighted by Crippen LogP contribution is 2.29. The molecule has 25 heavy (non-hydrogen) atoms. The van der Waals surface area contributed by atoms with E-state index >= 15 is 0 Å².